The van der Waals surface area contributed by atoms with Crippen LogP contribution in [0.3, 0.4) is 0 Å². The first-order valence-corrected chi connectivity index (χ1v) is 7.33. The molecule has 0 aliphatic rings. The maximum Gasteiger partial charge on any atom is 0.126 e. The van der Waals surface area contributed by atoms with Gasteiger partial charge in [-0.05, 0) is 22.8 Å². The molecule has 0 unspecified atom stereocenters. The zero-order valence-electron chi connectivity index (χ0n) is 14.0. The lowest BCUT2D eigenvalue weighted by Crippen LogP contribution is -2.19. The zero-order chi connectivity index (χ0) is 14.8. The monoisotopic (exact) mass is 262 g/mol. The van der Waals surface area contributed by atoms with E-state index in [0.717, 1.165) is 12.2 Å². The molecule has 1 aromatic carbocycles. The molecule has 0 amide bonds. The highest BCUT2D eigenvalue weighted by Gasteiger charge is 2.27. The van der Waals surface area contributed by atoms with Gasteiger partial charge in [0.2, 0.25) is 0 Å². The molecule has 0 saturated carbocycles. The molecule has 0 aromatic heterocycles. The van der Waals surface area contributed by atoms with E-state index in [0.29, 0.717) is 0 Å². The van der Waals surface area contributed by atoms with Crippen molar-refractivity contribution in [1.29, 1.82) is 0 Å². The predicted octanol–water partition coefficient (Wildman–Crippen LogP) is 5.24. The van der Waals surface area contributed by atoms with E-state index in [1.807, 2.05) is 0 Å². The third kappa shape index (κ3) is 3.75. The van der Waals surface area contributed by atoms with E-state index in [9.17, 15) is 0 Å². The van der Waals surface area contributed by atoms with Crippen LogP contribution in [0.15, 0.2) is 12.1 Å². The highest BCUT2D eigenvalue weighted by atomic mass is 16.5. The Kier molecular flexibility index (Phi) is 4.71. The van der Waals surface area contributed by atoms with Gasteiger partial charge in [0.1, 0.15) is 5.75 Å². The molecule has 1 rings (SSSR count). The van der Waals surface area contributed by atoms with E-state index >= 15 is 0 Å². The van der Waals surface area contributed by atoms with Crippen molar-refractivity contribution in [1.82, 2.24) is 0 Å². The van der Waals surface area contributed by atoms with Gasteiger partial charge in [-0.2, -0.15) is 0 Å². The first-order chi connectivity index (χ1) is 8.61. The van der Waals surface area contributed by atoms with Crippen molar-refractivity contribution in [2.75, 3.05) is 7.11 Å². The van der Waals surface area contributed by atoms with Crippen LogP contribution in [0.4, 0.5) is 0 Å². The molecule has 1 heteroatoms. The minimum atomic E-state index is 0.106. The maximum absolute atomic E-state index is 5.76. The van der Waals surface area contributed by atoms with Crippen LogP contribution in [0.5, 0.6) is 5.75 Å². The molecule has 1 aromatic rings. The molecule has 0 spiro atoms. The van der Waals surface area contributed by atoms with Gasteiger partial charge < -0.3 is 4.74 Å². The quantitative estimate of drug-likeness (QED) is 0.723. The Morgan fingerprint density at radius 2 is 1.32 bits per heavy atom. The molecule has 1 nitrogen and oxygen atoms in total. The fourth-order valence-electron chi connectivity index (χ4n) is 2.46. The number of rotatable bonds is 3. The summed E-state index contributed by atoms with van der Waals surface area (Å²) in [5.74, 6) is 1.07. The van der Waals surface area contributed by atoms with Crippen LogP contribution >= 0.6 is 0 Å². The molecule has 0 bridgehead atoms. The van der Waals surface area contributed by atoms with E-state index in [4.69, 9.17) is 4.74 Å². The predicted molar refractivity (Wildman–Crippen MR) is 84.4 cm³/mol. The van der Waals surface area contributed by atoms with Crippen molar-refractivity contribution in [3.63, 3.8) is 0 Å². The SMILES string of the molecule is CCCc1cc(C(C)(C)C)c(OC)c(C(C)(C)C)c1. The summed E-state index contributed by atoms with van der Waals surface area (Å²) in [6.45, 7) is 15.8. The second-order valence-corrected chi connectivity index (χ2v) is 7.47. The summed E-state index contributed by atoms with van der Waals surface area (Å²) in [7, 11) is 1.79. The van der Waals surface area contributed by atoms with Crippen molar-refractivity contribution in [2.24, 2.45) is 0 Å². The summed E-state index contributed by atoms with van der Waals surface area (Å²) in [4.78, 5) is 0. The topological polar surface area (TPSA) is 9.23 Å². The van der Waals surface area contributed by atoms with Crippen LogP contribution in [-0.4, -0.2) is 7.11 Å². The molecule has 0 aliphatic carbocycles. The summed E-state index contributed by atoms with van der Waals surface area (Å²) < 4.78 is 5.76. The van der Waals surface area contributed by atoms with E-state index in [-0.39, 0.29) is 10.8 Å². The fourth-order valence-corrected chi connectivity index (χ4v) is 2.46. The van der Waals surface area contributed by atoms with Gasteiger partial charge >= 0.3 is 0 Å². The molecule has 0 heterocycles. The largest absolute Gasteiger partial charge is 0.496 e. The van der Waals surface area contributed by atoms with Gasteiger partial charge in [-0.25, -0.2) is 0 Å². The maximum atomic E-state index is 5.76. The first-order valence-electron chi connectivity index (χ1n) is 7.33. The summed E-state index contributed by atoms with van der Waals surface area (Å²) in [6.07, 6.45) is 2.32. The molecule has 108 valence electrons. The Morgan fingerprint density at radius 1 is 0.895 bits per heavy atom. The lowest BCUT2D eigenvalue weighted by molar-refractivity contribution is 0.381. The highest BCUT2D eigenvalue weighted by Crippen LogP contribution is 2.40. The van der Waals surface area contributed by atoms with Crippen LogP contribution in [-0.2, 0) is 17.3 Å². The van der Waals surface area contributed by atoms with Gasteiger partial charge in [0, 0.05) is 11.1 Å². The summed E-state index contributed by atoms with van der Waals surface area (Å²) in [5.41, 5.74) is 4.29. The molecule has 0 aliphatic heterocycles. The smallest absolute Gasteiger partial charge is 0.126 e. The Labute approximate surface area is 119 Å². The van der Waals surface area contributed by atoms with Crippen LogP contribution < -0.4 is 4.74 Å². The van der Waals surface area contributed by atoms with Gasteiger partial charge in [-0.15, -0.1) is 0 Å². The molecule has 19 heavy (non-hydrogen) atoms. The number of methoxy groups -OCH3 is 1. The Balaban J connectivity index is 3.57. The average molecular weight is 262 g/mol. The lowest BCUT2D eigenvalue weighted by Gasteiger charge is -2.30. The number of aryl methyl sites for hydroxylation is 1. The first kappa shape index (κ1) is 16.1. The number of ether oxygens (including phenoxy) is 1. The van der Waals surface area contributed by atoms with Crippen molar-refractivity contribution < 1.29 is 4.74 Å². The summed E-state index contributed by atoms with van der Waals surface area (Å²) >= 11 is 0. The molecule has 0 saturated heterocycles. The number of hydrogen-bond donors (Lipinski definition) is 0. The van der Waals surface area contributed by atoms with Crippen molar-refractivity contribution in [3.8, 4) is 5.75 Å². The summed E-state index contributed by atoms with van der Waals surface area (Å²) in [5, 5.41) is 0. The Hall–Kier alpha value is -0.980. The molecule has 0 fully saturated rings. The van der Waals surface area contributed by atoms with Crippen molar-refractivity contribution in [3.05, 3.63) is 28.8 Å². The second kappa shape index (κ2) is 5.56. The normalized spacial score (nSPS) is 12.6. The molecule has 0 radical (unpaired) electrons. The fraction of sp³-hybridized carbons (Fsp3) is 0.667. The van der Waals surface area contributed by atoms with Gasteiger partial charge in [0.05, 0.1) is 7.11 Å². The Bertz CT molecular complexity index is 395. The van der Waals surface area contributed by atoms with Crippen molar-refractivity contribution in [2.45, 2.75) is 72.1 Å². The van der Waals surface area contributed by atoms with Gasteiger partial charge in [-0.1, -0.05) is 67.0 Å². The van der Waals surface area contributed by atoms with Crippen LogP contribution in [0, 0.1) is 0 Å². The van der Waals surface area contributed by atoms with E-state index in [2.05, 4.69) is 60.6 Å². The number of hydrogen-bond acceptors (Lipinski definition) is 1. The van der Waals surface area contributed by atoms with Crippen LogP contribution in [0.1, 0.15) is 71.6 Å². The lowest BCUT2D eigenvalue weighted by atomic mass is 9.78. The molecular formula is C18H30O. The average Bonchev–Trinajstić information content (AvgIpc) is 2.26. The van der Waals surface area contributed by atoms with E-state index in [1.165, 1.54) is 23.1 Å². The van der Waals surface area contributed by atoms with Crippen molar-refractivity contribution >= 4 is 0 Å². The van der Waals surface area contributed by atoms with E-state index in [1.54, 1.807) is 7.11 Å². The molecule has 0 N–H and O–H groups in total. The van der Waals surface area contributed by atoms with Crippen LogP contribution in [0.2, 0.25) is 0 Å². The zero-order valence-corrected chi connectivity index (χ0v) is 14.0. The third-order valence-corrected chi connectivity index (χ3v) is 3.51. The van der Waals surface area contributed by atoms with Crippen LogP contribution in [0.25, 0.3) is 0 Å². The van der Waals surface area contributed by atoms with Gasteiger partial charge in [0.15, 0.2) is 0 Å². The van der Waals surface area contributed by atoms with E-state index < -0.39 is 0 Å². The van der Waals surface area contributed by atoms with Gasteiger partial charge in [-0.3, -0.25) is 0 Å². The number of benzene rings is 1. The Morgan fingerprint density at radius 3 is 1.58 bits per heavy atom. The second-order valence-electron chi connectivity index (χ2n) is 7.47. The molecular weight excluding hydrogens is 232 g/mol. The minimum absolute atomic E-state index is 0.106. The highest BCUT2D eigenvalue weighted by molar-refractivity contribution is 5.50. The minimum Gasteiger partial charge on any atom is -0.496 e. The third-order valence-electron chi connectivity index (χ3n) is 3.51. The van der Waals surface area contributed by atoms with Gasteiger partial charge in [0.25, 0.3) is 0 Å². The summed E-state index contributed by atoms with van der Waals surface area (Å²) in [6, 6.07) is 4.66. The molecule has 0 atom stereocenters. The standard InChI is InChI=1S/C18H30O/c1-9-10-13-11-14(17(2,3)4)16(19-8)15(12-13)18(5,6)7/h11-12H,9-10H2,1-8H3.